The highest BCUT2D eigenvalue weighted by Crippen LogP contribution is 2.15. The lowest BCUT2D eigenvalue weighted by Gasteiger charge is -2.05. The van der Waals surface area contributed by atoms with Gasteiger partial charge in [-0.1, -0.05) is 48.5 Å². The minimum Gasteiger partial charge on any atom is -0.510 e. The van der Waals surface area contributed by atoms with Crippen LogP contribution in [0.3, 0.4) is 0 Å². The Morgan fingerprint density at radius 3 is 2.23 bits per heavy atom. The summed E-state index contributed by atoms with van der Waals surface area (Å²) in [5, 5.41) is 17.3. The van der Waals surface area contributed by atoms with Crippen LogP contribution in [0.15, 0.2) is 82.3 Å². The second-order valence-corrected chi connectivity index (χ2v) is 4.53. The van der Waals surface area contributed by atoms with Crippen LogP contribution >= 0.6 is 0 Å². The smallest absolute Gasteiger partial charge is 0.362 e. The van der Waals surface area contributed by atoms with E-state index >= 15 is 0 Å². The largest absolute Gasteiger partial charge is 0.510 e. The maximum atomic E-state index is 12.0. The standard InChI is InChI=1S/C17H16N2O3/c1-13(20)16(19-18-15-10-6-3-7-11-15)17(21)22-12-14-8-4-2-5-9-14/h2-11,20H,12H2,1H3/b16-13+,19-18?. The SMILES string of the molecule is C/C(O)=C(\N=Nc1ccccc1)C(=O)OCc1ccccc1. The van der Waals surface area contributed by atoms with Crippen molar-refractivity contribution in [2.24, 2.45) is 10.2 Å². The maximum absolute atomic E-state index is 12.0. The first kappa shape index (κ1) is 15.4. The van der Waals surface area contributed by atoms with Crippen LogP contribution in [0.4, 0.5) is 5.69 Å². The topological polar surface area (TPSA) is 71.2 Å². The molecule has 0 aliphatic rings. The number of benzene rings is 2. The molecule has 0 aromatic heterocycles. The molecule has 0 bridgehead atoms. The Labute approximate surface area is 128 Å². The maximum Gasteiger partial charge on any atom is 0.362 e. The van der Waals surface area contributed by atoms with Gasteiger partial charge in [0.15, 0.2) is 0 Å². The number of aliphatic hydroxyl groups is 1. The van der Waals surface area contributed by atoms with Crippen molar-refractivity contribution in [1.29, 1.82) is 0 Å². The zero-order chi connectivity index (χ0) is 15.8. The summed E-state index contributed by atoms with van der Waals surface area (Å²) >= 11 is 0. The summed E-state index contributed by atoms with van der Waals surface area (Å²) in [5.41, 5.74) is 1.22. The minimum atomic E-state index is -0.719. The van der Waals surface area contributed by atoms with E-state index in [2.05, 4.69) is 10.2 Å². The lowest BCUT2D eigenvalue weighted by molar-refractivity contribution is -0.140. The Balaban J connectivity index is 2.04. The van der Waals surface area contributed by atoms with Crippen LogP contribution in [0.2, 0.25) is 0 Å². The molecule has 2 aromatic rings. The molecule has 5 nitrogen and oxygen atoms in total. The molecule has 0 fully saturated rings. The van der Waals surface area contributed by atoms with Crippen LogP contribution in [-0.4, -0.2) is 11.1 Å². The first-order valence-corrected chi connectivity index (χ1v) is 6.74. The number of esters is 1. The number of hydrogen-bond donors (Lipinski definition) is 1. The molecule has 0 aliphatic carbocycles. The molecule has 1 N–H and O–H groups in total. The molecule has 22 heavy (non-hydrogen) atoms. The van der Waals surface area contributed by atoms with Crippen molar-refractivity contribution in [3.8, 4) is 0 Å². The summed E-state index contributed by atoms with van der Waals surface area (Å²) in [6.45, 7) is 1.47. The third-order valence-corrected chi connectivity index (χ3v) is 2.77. The molecule has 0 aliphatic heterocycles. The van der Waals surface area contributed by atoms with E-state index in [1.807, 2.05) is 36.4 Å². The average Bonchev–Trinajstić information content (AvgIpc) is 2.55. The summed E-state index contributed by atoms with van der Waals surface area (Å²) in [5.74, 6) is -0.957. The van der Waals surface area contributed by atoms with Gasteiger partial charge in [0.1, 0.15) is 12.4 Å². The monoisotopic (exact) mass is 296 g/mol. The Hall–Kier alpha value is -2.95. The van der Waals surface area contributed by atoms with Crippen LogP contribution in [0, 0.1) is 0 Å². The van der Waals surface area contributed by atoms with Crippen molar-refractivity contribution < 1.29 is 14.6 Å². The van der Waals surface area contributed by atoms with E-state index in [9.17, 15) is 9.90 Å². The molecule has 2 rings (SSSR count). The van der Waals surface area contributed by atoms with Gasteiger partial charge in [-0.3, -0.25) is 0 Å². The molecule has 0 radical (unpaired) electrons. The molecule has 2 aromatic carbocycles. The van der Waals surface area contributed by atoms with Gasteiger partial charge in [-0.2, -0.15) is 5.11 Å². The highest BCUT2D eigenvalue weighted by molar-refractivity contribution is 5.88. The third kappa shape index (κ3) is 4.56. The van der Waals surface area contributed by atoms with Crippen LogP contribution < -0.4 is 0 Å². The number of allylic oxidation sites excluding steroid dienone is 1. The highest BCUT2D eigenvalue weighted by Gasteiger charge is 2.14. The number of aliphatic hydroxyl groups excluding tert-OH is 1. The highest BCUT2D eigenvalue weighted by atomic mass is 16.5. The van der Waals surface area contributed by atoms with Gasteiger partial charge < -0.3 is 9.84 Å². The van der Waals surface area contributed by atoms with Crippen LogP contribution in [0.1, 0.15) is 12.5 Å². The van der Waals surface area contributed by atoms with Crippen molar-refractivity contribution in [2.45, 2.75) is 13.5 Å². The Kier molecular flexibility index (Phi) is 5.43. The summed E-state index contributed by atoms with van der Waals surface area (Å²) in [7, 11) is 0. The zero-order valence-electron chi connectivity index (χ0n) is 12.1. The fourth-order valence-electron chi connectivity index (χ4n) is 1.65. The second kappa shape index (κ2) is 7.73. The first-order valence-electron chi connectivity index (χ1n) is 6.74. The lowest BCUT2D eigenvalue weighted by Crippen LogP contribution is -2.08. The Morgan fingerprint density at radius 2 is 1.64 bits per heavy atom. The molecule has 0 saturated carbocycles. The average molecular weight is 296 g/mol. The van der Waals surface area contributed by atoms with Gasteiger partial charge in [0, 0.05) is 0 Å². The van der Waals surface area contributed by atoms with Crippen molar-refractivity contribution in [3.05, 3.63) is 77.7 Å². The number of ether oxygens (including phenoxy) is 1. The fraction of sp³-hybridized carbons (Fsp3) is 0.118. The predicted octanol–water partition coefficient (Wildman–Crippen LogP) is 4.30. The minimum absolute atomic E-state index is 0.108. The summed E-state index contributed by atoms with van der Waals surface area (Å²) in [6, 6.07) is 18.2. The normalized spacial score (nSPS) is 12.0. The molecule has 0 amide bonds. The van der Waals surface area contributed by atoms with Crippen molar-refractivity contribution in [2.75, 3.05) is 0 Å². The number of carbonyl (C=O) groups excluding carboxylic acids is 1. The van der Waals surface area contributed by atoms with E-state index in [-0.39, 0.29) is 18.1 Å². The summed E-state index contributed by atoms with van der Waals surface area (Å²) in [4.78, 5) is 12.0. The van der Waals surface area contributed by atoms with Crippen LogP contribution in [0.25, 0.3) is 0 Å². The summed E-state index contributed by atoms with van der Waals surface area (Å²) < 4.78 is 5.13. The van der Waals surface area contributed by atoms with E-state index in [4.69, 9.17) is 4.74 Å². The van der Waals surface area contributed by atoms with Gasteiger partial charge in [-0.15, -0.1) is 5.11 Å². The molecular weight excluding hydrogens is 280 g/mol. The van der Waals surface area contributed by atoms with Crippen LogP contribution in [-0.2, 0) is 16.1 Å². The van der Waals surface area contributed by atoms with Gasteiger partial charge in [0.25, 0.3) is 0 Å². The second-order valence-electron chi connectivity index (χ2n) is 4.53. The Morgan fingerprint density at radius 1 is 1.05 bits per heavy atom. The van der Waals surface area contributed by atoms with Crippen LogP contribution in [0.5, 0.6) is 0 Å². The molecule has 112 valence electrons. The number of carbonyl (C=O) groups is 1. The van der Waals surface area contributed by atoms with E-state index in [0.717, 1.165) is 5.56 Å². The van der Waals surface area contributed by atoms with Crippen molar-refractivity contribution in [3.63, 3.8) is 0 Å². The van der Waals surface area contributed by atoms with Crippen molar-refractivity contribution in [1.82, 2.24) is 0 Å². The number of azo groups is 1. The number of nitrogens with zero attached hydrogens (tertiary/aromatic N) is 2. The molecule has 0 unspecified atom stereocenters. The molecular formula is C17H16N2O3. The van der Waals surface area contributed by atoms with E-state index in [1.165, 1.54) is 6.92 Å². The number of hydrogen-bond acceptors (Lipinski definition) is 5. The molecule has 5 heteroatoms. The quantitative estimate of drug-likeness (QED) is 0.387. The van der Waals surface area contributed by atoms with E-state index in [1.54, 1.807) is 24.3 Å². The molecule has 0 spiro atoms. The van der Waals surface area contributed by atoms with Gasteiger partial charge in [-0.25, -0.2) is 4.79 Å². The van der Waals surface area contributed by atoms with Gasteiger partial charge >= 0.3 is 5.97 Å². The van der Waals surface area contributed by atoms with E-state index in [0.29, 0.717) is 5.69 Å². The molecule has 0 heterocycles. The Bertz CT molecular complexity index is 676. The lowest BCUT2D eigenvalue weighted by atomic mass is 10.2. The summed E-state index contributed by atoms with van der Waals surface area (Å²) in [6.07, 6.45) is 0. The first-order chi connectivity index (χ1) is 10.7. The van der Waals surface area contributed by atoms with Gasteiger partial charge in [-0.05, 0) is 24.6 Å². The molecule has 0 atom stereocenters. The third-order valence-electron chi connectivity index (χ3n) is 2.77. The molecule has 0 saturated heterocycles. The number of rotatable bonds is 5. The van der Waals surface area contributed by atoms with Crippen molar-refractivity contribution >= 4 is 11.7 Å². The van der Waals surface area contributed by atoms with Gasteiger partial charge in [0.2, 0.25) is 5.70 Å². The zero-order valence-corrected chi connectivity index (χ0v) is 12.1. The van der Waals surface area contributed by atoms with Gasteiger partial charge in [0.05, 0.1) is 5.69 Å². The fourth-order valence-corrected chi connectivity index (χ4v) is 1.65. The predicted molar refractivity (Wildman–Crippen MR) is 82.5 cm³/mol. The van der Waals surface area contributed by atoms with E-state index < -0.39 is 5.97 Å².